The van der Waals surface area contributed by atoms with E-state index in [0.717, 1.165) is 16.3 Å². The van der Waals surface area contributed by atoms with Gasteiger partial charge in [-0.3, -0.25) is 4.79 Å². The molecule has 5 nitrogen and oxygen atoms in total. The van der Waals surface area contributed by atoms with E-state index >= 15 is 0 Å². The fourth-order valence-corrected chi connectivity index (χ4v) is 6.21. The van der Waals surface area contributed by atoms with E-state index in [1.165, 1.54) is 0 Å². The van der Waals surface area contributed by atoms with Crippen LogP contribution >= 0.6 is 0 Å². The van der Waals surface area contributed by atoms with E-state index in [2.05, 4.69) is 0 Å². The van der Waals surface area contributed by atoms with Crippen LogP contribution in [0.1, 0.15) is 30.7 Å². The Morgan fingerprint density at radius 1 is 0.933 bits per heavy atom. The molecule has 0 spiro atoms. The van der Waals surface area contributed by atoms with Crippen LogP contribution in [0.15, 0.2) is 77.7 Å². The molecule has 1 fully saturated rings. The summed E-state index contributed by atoms with van der Waals surface area (Å²) in [5.74, 6) is -0.789. The van der Waals surface area contributed by atoms with Gasteiger partial charge in [-0.25, -0.2) is 8.42 Å². The summed E-state index contributed by atoms with van der Waals surface area (Å²) in [4.78, 5) is 11.8. The Labute approximate surface area is 177 Å². The van der Waals surface area contributed by atoms with E-state index < -0.39 is 16.0 Å². The lowest BCUT2D eigenvalue weighted by Gasteiger charge is -2.35. The number of nitrogens with zero attached hydrogens (tertiary/aromatic N) is 1. The van der Waals surface area contributed by atoms with E-state index in [1.54, 1.807) is 16.4 Å². The van der Waals surface area contributed by atoms with E-state index in [9.17, 15) is 18.3 Å². The van der Waals surface area contributed by atoms with E-state index in [-0.39, 0.29) is 18.3 Å². The number of aliphatic carboxylic acids is 1. The summed E-state index contributed by atoms with van der Waals surface area (Å²) in [5, 5.41) is 11.0. The van der Waals surface area contributed by atoms with Crippen molar-refractivity contribution in [1.82, 2.24) is 4.31 Å². The fourth-order valence-electron chi connectivity index (χ4n) is 4.52. The third-order valence-corrected chi connectivity index (χ3v) is 8.01. The third-order valence-electron chi connectivity index (χ3n) is 6.06. The number of fused-ring (bicyclic) bond motifs is 1. The Morgan fingerprint density at radius 3 is 2.27 bits per heavy atom. The maximum absolute atomic E-state index is 13.4. The van der Waals surface area contributed by atoms with Gasteiger partial charge < -0.3 is 5.11 Å². The fraction of sp³-hybridized carbons (Fsp3) is 0.292. The third kappa shape index (κ3) is 4.11. The lowest BCUT2D eigenvalue weighted by Crippen LogP contribution is -2.40. The Hall–Kier alpha value is -2.70. The highest BCUT2D eigenvalue weighted by Gasteiger charge is 2.34. The first kappa shape index (κ1) is 20.6. The lowest BCUT2D eigenvalue weighted by molar-refractivity contribution is -0.137. The first-order valence-corrected chi connectivity index (χ1v) is 11.7. The molecule has 6 heteroatoms. The molecule has 4 rings (SSSR count). The second-order valence-electron chi connectivity index (χ2n) is 7.83. The average Bonchev–Trinajstić information content (AvgIpc) is 2.77. The minimum Gasteiger partial charge on any atom is -0.481 e. The molecule has 3 aromatic carbocycles. The minimum absolute atomic E-state index is 0.0603. The first-order valence-electron chi connectivity index (χ1n) is 10.2. The molecule has 1 saturated heterocycles. The molecular weight excluding hydrogens is 398 g/mol. The topological polar surface area (TPSA) is 74.7 Å². The molecule has 30 heavy (non-hydrogen) atoms. The van der Waals surface area contributed by atoms with E-state index in [0.29, 0.717) is 30.8 Å². The Bertz CT molecular complexity index is 1130. The molecule has 1 aliphatic rings. The van der Waals surface area contributed by atoms with Crippen molar-refractivity contribution in [3.05, 3.63) is 78.4 Å². The number of carboxylic acids is 1. The van der Waals surface area contributed by atoms with Gasteiger partial charge in [0.25, 0.3) is 0 Å². The molecule has 1 unspecified atom stereocenters. The van der Waals surface area contributed by atoms with Gasteiger partial charge >= 0.3 is 5.97 Å². The zero-order chi connectivity index (χ0) is 21.1. The summed E-state index contributed by atoms with van der Waals surface area (Å²) in [6, 6.07) is 22.6. The standard InChI is InChI=1S/C24H25NO4S/c26-24(27)17-22(19-7-2-1-3-8-19)20-13-15-25(16-14-20)30(28,29)23-12-6-10-18-9-4-5-11-21(18)23/h1-12,20,22H,13-17H2,(H,26,27). The van der Waals surface area contributed by atoms with Gasteiger partial charge in [-0.15, -0.1) is 0 Å². The summed E-state index contributed by atoms with van der Waals surface area (Å²) in [5.41, 5.74) is 1.01. The molecule has 1 heterocycles. The number of rotatable bonds is 6. The largest absolute Gasteiger partial charge is 0.481 e. The van der Waals surface area contributed by atoms with Crippen LogP contribution in [0, 0.1) is 5.92 Å². The Balaban J connectivity index is 1.55. The van der Waals surface area contributed by atoms with Crippen molar-refractivity contribution in [1.29, 1.82) is 0 Å². The zero-order valence-corrected chi connectivity index (χ0v) is 17.5. The van der Waals surface area contributed by atoms with Crippen molar-refractivity contribution < 1.29 is 18.3 Å². The van der Waals surface area contributed by atoms with Crippen molar-refractivity contribution in [2.24, 2.45) is 5.92 Å². The monoisotopic (exact) mass is 423 g/mol. The molecule has 0 aliphatic carbocycles. The maximum Gasteiger partial charge on any atom is 0.303 e. The van der Waals surface area contributed by atoms with Gasteiger partial charge in [0.1, 0.15) is 0 Å². The highest BCUT2D eigenvalue weighted by Crippen LogP contribution is 2.37. The van der Waals surface area contributed by atoms with Crippen molar-refractivity contribution in [3.63, 3.8) is 0 Å². The highest BCUT2D eigenvalue weighted by atomic mass is 32.2. The zero-order valence-electron chi connectivity index (χ0n) is 16.6. The number of benzene rings is 3. The SMILES string of the molecule is O=C(O)CC(c1ccccc1)C1CCN(S(=O)(=O)c2cccc3ccccc23)CC1. The molecule has 0 amide bonds. The summed E-state index contributed by atoms with van der Waals surface area (Å²) < 4.78 is 28.3. The summed E-state index contributed by atoms with van der Waals surface area (Å²) in [7, 11) is -3.61. The van der Waals surface area contributed by atoms with Crippen LogP contribution in [-0.2, 0) is 14.8 Å². The van der Waals surface area contributed by atoms with Gasteiger partial charge in [0.2, 0.25) is 10.0 Å². The van der Waals surface area contributed by atoms with Gasteiger partial charge in [0.05, 0.1) is 11.3 Å². The Morgan fingerprint density at radius 2 is 1.57 bits per heavy atom. The maximum atomic E-state index is 13.4. The summed E-state index contributed by atoms with van der Waals surface area (Å²) in [6.07, 6.45) is 1.36. The summed E-state index contributed by atoms with van der Waals surface area (Å²) >= 11 is 0. The Kier molecular flexibility index (Phi) is 5.88. The highest BCUT2D eigenvalue weighted by molar-refractivity contribution is 7.89. The van der Waals surface area contributed by atoms with Crippen LogP contribution < -0.4 is 0 Å². The van der Waals surface area contributed by atoms with Gasteiger partial charge in [-0.1, -0.05) is 66.7 Å². The van der Waals surface area contributed by atoms with Crippen LogP contribution in [0.5, 0.6) is 0 Å². The van der Waals surface area contributed by atoms with E-state index in [1.807, 2.05) is 60.7 Å². The summed E-state index contributed by atoms with van der Waals surface area (Å²) in [6.45, 7) is 0.804. The van der Waals surface area contributed by atoms with Crippen LogP contribution in [0.2, 0.25) is 0 Å². The number of hydrogen-bond acceptors (Lipinski definition) is 3. The molecule has 156 valence electrons. The van der Waals surface area contributed by atoms with Gasteiger partial charge in [-0.05, 0) is 41.7 Å². The molecule has 0 bridgehead atoms. The first-order chi connectivity index (χ1) is 14.5. The average molecular weight is 424 g/mol. The molecule has 3 aromatic rings. The van der Waals surface area contributed by atoms with Crippen LogP contribution in [0.3, 0.4) is 0 Å². The van der Waals surface area contributed by atoms with Crippen LogP contribution in [-0.4, -0.2) is 36.9 Å². The second-order valence-corrected chi connectivity index (χ2v) is 9.74. The van der Waals surface area contributed by atoms with Crippen LogP contribution in [0.25, 0.3) is 10.8 Å². The number of sulfonamides is 1. The normalized spacial score (nSPS) is 17.1. The number of carboxylic acid groups (broad SMARTS) is 1. The molecule has 1 aliphatic heterocycles. The number of hydrogen-bond donors (Lipinski definition) is 1. The molecule has 0 aromatic heterocycles. The second kappa shape index (κ2) is 8.58. The lowest BCUT2D eigenvalue weighted by atomic mass is 9.78. The van der Waals surface area contributed by atoms with Crippen molar-refractivity contribution in [2.45, 2.75) is 30.1 Å². The van der Waals surface area contributed by atoms with Crippen LogP contribution in [0.4, 0.5) is 0 Å². The van der Waals surface area contributed by atoms with Crippen molar-refractivity contribution >= 4 is 26.8 Å². The van der Waals surface area contributed by atoms with Crippen molar-refractivity contribution in [3.8, 4) is 0 Å². The molecular formula is C24H25NO4S. The van der Waals surface area contributed by atoms with Gasteiger partial charge in [0, 0.05) is 18.5 Å². The predicted octanol–water partition coefficient (Wildman–Crippen LogP) is 4.50. The van der Waals surface area contributed by atoms with E-state index in [4.69, 9.17) is 0 Å². The molecule has 0 radical (unpaired) electrons. The predicted molar refractivity (Wildman–Crippen MR) is 117 cm³/mol. The quantitative estimate of drug-likeness (QED) is 0.633. The number of piperidine rings is 1. The number of carbonyl (C=O) groups is 1. The van der Waals surface area contributed by atoms with Gasteiger partial charge in [-0.2, -0.15) is 4.31 Å². The molecule has 1 atom stereocenters. The van der Waals surface area contributed by atoms with Crippen molar-refractivity contribution in [2.75, 3.05) is 13.1 Å². The van der Waals surface area contributed by atoms with Gasteiger partial charge in [0.15, 0.2) is 0 Å². The minimum atomic E-state index is -3.61. The molecule has 1 N–H and O–H groups in total. The molecule has 0 saturated carbocycles. The smallest absolute Gasteiger partial charge is 0.303 e.